The highest BCUT2D eigenvalue weighted by Gasteiger charge is 2.14. The molecule has 1 nitrogen and oxygen atoms in total. The molecule has 0 bridgehead atoms. The van der Waals surface area contributed by atoms with Crippen molar-refractivity contribution in [2.45, 2.75) is 33.6 Å². The van der Waals surface area contributed by atoms with Gasteiger partial charge in [0.1, 0.15) is 0 Å². The molecular formula is C16H18OS. The third-order valence-electron chi connectivity index (χ3n) is 3.30. The fraction of sp³-hybridized carbons (Fsp3) is 0.312. The molecule has 1 heterocycles. The molecule has 0 N–H and O–H groups in total. The first-order valence-corrected chi connectivity index (χ1v) is 7.25. The van der Waals surface area contributed by atoms with E-state index in [1.54, 1.807) is 0 Å². The van der Waals surface area contributed by atoms with Crippen LogP contribution in [0.3, 0.4) is 0 Å². The van der Waals surface area contributed by atoms with Crippen LogP contribution in [0, 0.1) is 6.92 Å². The van der Waals surface area contributed by atoms with E-state index < -0.39 is 0 Å². The smallest absolute Gasteiger partial charge is 0.203 e. The van der Waals surface area contributed by atoms with Crippen molar-refractivity contribution >= 4 is 17.1 Å². The zero-order chi connectivity index (χ0) is 13.1. The Hall–Kier alpha value is -1.41. The Labute approximate surface area is 112 Å². The van der Waals surface area contributed by atoms with Crippen LogP contribution in [-0.2, 0) is 12.8 Å². The summed E-state index contributed by atoms with van der Waals surface area (Å²) in [5.74, 6) is 0.153. The Morgan fingerprint density at radius 1 is 1.11 bits per heavy atom. The number of rotatable bonds is 4. The van der Waals surface area contributed by atoms with Crippen LogP contribution in [0.1, 0.15) is 45.8 Å². The largest absolute Gasteiger partial charge is 0.288 e. The predicted octanol–water partition coefficient (Wildman–Crippen LogP) is 4.41. The first kappa shape index (κ1) is 13.0. The van der Waals surface area contributed by atoms with E-state index in [2.05, 4.69) is 26.0 Å². The first-order chi connectivity index (χ1) is 8.67. The lowest BCUT2D eigenvalue weighted by Crippen LogP contribution is -2.03. The number of aryl methyl sites for hydroxylation is 3. The van der Waals surface area contributed by atoms with Crippen LogP contribution in [0.2, 0.25) is 0 Å². The molecule has 0 aliphatic heterocycles. The molecule has 0 atom stereocenters. The van der Waals surface area contributed by atoms with Gasteiger partial charge in [0, 0.05) is 5.56 Å². The van der Waals surface area contributed by atoms with E-state index in [9.17, 15) is 4.79 Å². The van der Waals surface area contributed by atoms with Gasteiger partial charge in [-0.2, -0.15) is 0 Å². The molecule has 1 aromatic heterocycles. The molecule has 1 aromatic carbocycles. The van der Waals surface area contributed by atoms with Crippen molar-refractivity contribution in [1.29, 1.82) is 0 Å². The Morgan fingerprint density at radius 3 is 2.39 bits per heavy atom. The second-order valence-corrected chi connectivity index (χ2v) is 5.37. The van der Waals surface area contributed by atoms with E-state index in [4.69, 9.17) is 0 Å². The summed E-state index contributed by atoms with van der Waals surface area (Å²) in [6.07, 6.45) is 2.00. The van der Waals surface area contributed by atoms with Crippen molar-refractivity contribution in [2.24, 2.45) is 0 Å². The van der Waals surface area contributed by atoms with Gasteiger partial charge in [0.2, 0.25) is 5.78 Å². The van der Waals surface area contributed by atoms with Crippen molar-refractivity contribution in [3.8, 4) is 0 Å². The lowest BCUT2D eigenvalue weighted by Gasteiger charge is -2.08. The molecule has 0 aliphatic carbocycles. The minimum Gasteiger partial charge on any atom is -0.288 e. The molecule has 18 heavy (non-hydrogen) atoms. The second kappa shape index (κ2) is 5.49. The number of carbonyl (C=O) groups is 1. The minimum absolute atomic E-state index is 0.153. The van der Waals surface area contributed by atoms with E-state index in [0.29, 0.717) is 0 Å². The van der Waals surface area contributed by atoms with Crippen LogP contribution in [0.4, 0.5) is 0 Å². The van der Waals surface area contributed by atoms with Crippen molar-refractivity contribution in [1.82, 2.24) is 0 Å². The molecule has 0 spiro atoms. The van der Waals surface area contributed by atoms with Crippen molar-refractivity contribution < 1.29 is 4.79 Å². The van der Waals surface area contributed by atoms with E-state index >= 15 is 0 Å². The highest BCUT2D eigenvalue weighted by molar-refractivity contribution is 7.12. The normalized spacial score (nSPS) is 10.6. The van der Waals surface area contributed by atoms with Crippen LogP contribution in [0.25, 0.3) is 0 Å². The van der Waals surface area contributed by atoms with E-state index in [1.807, 2.05) is 24.4 Å². The van der Waals surface area contributed by atoms with Gasteiger partial charge in [0.15, 0.2) is 0 Å². The second-order valence-electron chi connectivity index (χ2n) is 4.45. The van der Waals surface area contributed by atoms with E-state index in [1.165, 1.54) is 22.5 Å². The maximum absolute atomic E-state index is 12.4. The molecule has 0 radical (unpaired) electrons. The maximum atomic E-state index is 12.4. The Balaban J connectivity index is 2.40. The number of ketones is 1. The molecule has 0 amide bonds. The summed E-state index contributed by atoms with van der Waals surface area (Å²) in [7, 11) is 0. The Kier molecular flexibility index (Phi) is 3.97. The fourth-order valence-electron chi connectivity index (χ4n) is 2.18. The van der Waals surface area contributed by atoms with Gasteiger partial charge in [-0.05, 0) is 54.0 Å². The quantitative estimate of drug-likeness (QED) is 0.742. The maximum Gasteiger partial charge on any atom is 0.203 e. The van der Waals surface area contributed by atoms with Crippen molar-refractivity contribution in [2.75, 3.05) is 0 Å². The average molecular weight is 258 g/mol. The van der Waals surface area contributed by atoms with Gasteiger partial charge in [0.05, 0.1) is 4.88 Å². The Morgan fingerprint density at radius 2 is 1.83 bits per heavy atom. The third-order valence-corrected chi connectivity index (χ3v) is 4.31. The van der Waals surface area contributed by atoms with Gasteiger partial charge in [-0.3, -0.25) is 4.79 Å². The molecule has 94 valence electrons. The Bertz CT molecular complexity index is 566. The van der Waals surface area contributed by atoms with Crippen molar-refractivity contribution in [3.63, 3.8) is 0 Å². The molecule has 0 fully saturated rings. The van der Waals surface area contributed by atoms with Crippen molar-refractivity contribution in [3.05, 3.63) is 56.8 Å². The molecule has 2 aromatic rings. The number of hydrogen-bond donors (Lipinski definition) is 0. The summed E-state index contributed by atoms with van der Waals surface area (Å²) in [5.41, 5.74) is 4.52. The van der Waals surface area contributed by atoms with Crippen LogP contribution in [0.5, 0.6) is 0 Å². The molecular weight excluding hydrogens is 240 g/mol. The predicted molar refractivity (Wildman–Crippen MR) is 77.7 cm³/mol. The molecule has 0 saturated heterocycles. The number of hydrogen-bond acceptors (Lipinski definition) is 2. The SMILES string of the molecule is CCc1ccc(C(=O)c2sccc2C)cc1CC. The average Bonchev–Trinajstić information content (AvgIpc) is 2.83. The molecule has 0 unspecified atom stereocenters. The highest BCUT2D eigenvalue weighted by atomic mass is 32.1. The minimum atomic E-state index is 0.153. The van der Waals surface area contributed by atoms with Gasteiger partial charge in [-0.25, -0.2) is 0 Å². The van der Waals surface area contributed by atoms with E-state index in [-0.39, 0.29) is 5.78 Å². The lowest BCUT2D eigenvalue weighted by atomic mass is 9.97. The number of carbonyl (C=O) groups excluding carboxylic acids is 1. The standard InChI is InChI=1S/C16H18OS/c1-4-12-6-7-14(10-13(12)5-2)15(17)16-11(3)8-9-18-16/h6-10H,4-5H2,1-3H3. The monoisotopic (exact) mass is 258 g/mol. The summed E-state index contributed by atoms with van der Waals surface area (Å²) < 4.78 is 0. The summed E-state index contributed by atoms with van der Waals surface area (Å²) in [6, 6.07) is 8.11. The van der Waals surface area contributed by atoms with Gasteiger partial charge < -0.3 is 0 Å². The fourth-order valence-corrected chi connectivity index (χ4v) is 3.06. The van der Waals surface area contributed by atoms with Gasteiger partial charge >= 0.3 is 0 Å². The molecule has 0 saturated carbocycles. The highest BCUT2D eigenvalue weighted by Crippen LogP contribution is 2.22. The van der Waals surface area contributed by atoms with Gasteiger partial charge in [0.25, 0.3) is 0 Å². The van der Waals surface area contributed by atoms with Crippen LogP contribution >= 0.6 is 11.3 Å². The van der Waals surface area contributed by atoms with Crippen LogP contribution in [0.15, 0.2) is 29.6 Å². The zero-order valence-electron chi connectivity index (χ0n) is 11.1. The van der Waals surface area contributed by atoms with Gasteiger partial charge in [-0.1, -0.05) is 26.0 Å². The topological polar surface area (TPSA) is 17.1 Å². The summed E-state index contributed by atoms with van der Waals surface area (Å²) in [4.78, 5) is 13.3. The van der Waals surface area contributed by atoms with Crippen LogP contribution < -0.4 is 0 Å². The first-order valence-electron chi connectivity index (χ1n) is 6.38. The zero-order valence-corrected chi connectivity index (χ0v) is 11.9. The molecule has 2 heteroatoms. The molecule has 2 rings (SSSR count). The van der Waals surface area contributed by atoms with Crippen LogP contribution in [-0.4, -0.2) is 5.78 Å². The van der Waals surface area contributed by atoms with E-state index in [0.717, 1.165) is 28.8 Å². The number of benzene rings is 1. The third kappa shape index (κ3) is 2.39. The molecule has 0 aliphatic rings. The number of thiophene rings is 1. The van der Waals surface area contributed by atoms with Gasteiger partial charge in [-0.15, -0.1) is 11.3 Å². The summed E-state index contributed by atoms with van der Waals surface area (Å²) >= 11 is 1.53. The summed E-state index contributed by atoms with van der Waals surface area (Å²) in [5, 5.41) is 1.98. The lowest BCUT2D eigenvalue weighted by molar-refractivity contribution is 0.104. The summed E-state index contributed by atoms with van der Waals surface area (Å²) in [6.45, 7) is 6.28.